The molecule has 0 unspecified atom stereocenters. The van der Waals surface area contributed by atoms with E-state index >= 15 is 0 Å². The maximum absolute atomic E-state index is 6.17. The maximum atomic E-state index is 6.17. The molecule has 3 aromatic heterocycles. The number of ether oxygens (including phenoxy) is 2. The first-order chi connectivity index (χ1) is 12.8. The molecule has 0 amide bonds. The first-order valence-electron chi connectivity index (χ1n) is 8.44. The SMILES string of the molecule is COc1cc(N2Cc3ccnn3C[C@H](OCc3cccnc3)C2)ncn1. The van der Waals surface area contributed by atoms with E-state index in [9.17, 15) is 0 Å². The van der Waals surface area contributed by atoms with Gasteiger partial charge in [0.15, 0.2) is 0 Å². The van der Waals surface area contributed by atoms with Gasteiger partial charge in [0.05, 0.1) is 38.6 Å². The molecule has 134 valence electrons. The van der Waals surface area contributed by atoms with Gasteiger partial charge in [0.1, 0.15) is 12.1 Å². The van der Waals surface area contributed by atoms with Crippen LogP contribution in [0.1, 0.15) is 11.3 Å². The number of hydrogen-bond acceptors (Lipinski definition) is 7. The normalized spacial score (nSPS) is 16.8. The van der Waals surface area contributed by atoms with Crippen LogP contribution in [0.5, 0.6) is 5.88 Å². The van der Waals surface area contributed by atoms with Crippen molar-refractivity contribution in [2.75, 3.05) is 18.6 Å². The van der Waals surface area contributed by atoms with E-state index in [2.05, 4.69) is 25.0 Å². The van der Waals surface area contributed by atoms with E-state index in [4.69, 9.17) is 9.47 Å². The lowest BCUT2D eigenvalue weighted by Gasteiger charge is -2.25. The Morgan fingerprint density at radius 1 is 1.19 bits per heavy atom. The van der Waals surface area contributed by atoms with Crippen LogP contribution >= 0.6 is 0 Å². The minimum Gasteiger partial charge on any atom is -0.481 e. The second-order valence-electron chi connectivity index (χ2n) is 6.10. The van der Waals surface area contributed by atoms with Gasteiger partial charge in [-0.3, -0.25) is 9.67 Å². The van der Waals surface area contributed by atoms with Crippen LogP contribution in [0.2, 0.25) is 0 Å². The summed E-state index contributed by atoms with van der Waals surface area (Å²) in [7, 11) is 1.60. The van der Waals surface area contributed by atoms with Gasteiger partial charge in [-0.1, -0.05) is 6.07 Å². The van der Waals surface area contributed by atoms with E-state index in [0.717, 1.165) is 17.1 Å². The van der Waals surface area contributed by atoms with Crippen molar-refractivity contribution in [1.82, 2.24) is 24.7 Å². The third-order valence-corrected chi connectivity index (χ3v) is 4.33. The first-order valence-corrected chi connectivity index (χ1v) is 8.44. The lowest BCUT2D eigenvalue weighted by Crippen LogP contribution is -2.33. The van der Waals surface area contributed by atoms with Gasteiger partial charge in [-0.05, 0) is 17.7 Å². The summed E-state index contributed by atoms with van der Waals surface area (Å²) in [6.45, 7) is 2.61. The van der Waals surface area contributed by atoms with E-state index in [1.165, 1.54) is 6.33 Å². The van der Waals surface area contributed by atoms with Crippen molar-refractivity contribution >= 4 is 5.82 Å². The zero-order chi connectivity index (χ0) is 17.8. The number of rotatable bonds is 5. The monoisotopic (exact) mass is 352 g/mol. The molecule has 4 heterocycles. The quantitative estimate of drug-likeness (QED) is 0.691. The lowest BCUT2D eigenvalue weighted by molar-refractivity contribution is 0.0338. The highest BCUT2D eigenvalue weighted by atomic mass is 16.5. The van der Waals surface area contributed by atoms with Gasteiger partial charge in [-0.2, -0.15) is 5.10 Å². The van der Waals surface area contributed by atoms with Crippen LogP contribution in [0.4, 0.5) is 5.82 Å². The Labute approximate surface area is 151 Å². The third kappa shape index (κ3) is 3.65. The predicted octanol–water partition coefficient (Wildman–Crippen LogP) is 1.68. The molecule has 0 radical (unpaired) electrons. The molecule has 3 aromatic rings. The van der Waals surface area contributed by atoms with Crippen molar-refractivity contribution in [2.45, 2.75) is 25.8 Å². The number of hydrogen-bond donors (Lipinski definition) is 0. The minimum absolute atomic E-state index is 0.0303. The van der Waals surface area contributed by atoms with Crippen molar-refractivity contribution < 1.29 is 9.47 Å². The molecule has 1 aliphatic rings. The van der Waals surface area contributed by atoms with E-state index < -0.39 is 0 Å². The molecule has 0 spiro atoms. The van der Waals surface area contributed by atoms with E-state index in [0.29, 0.717) is 32.1 Å². The van der Waals surface area contributed by atoms with Gasteiger partial charge in [0.2, 0.25) is 5.88 Å². The summed E-state index contributed by atoms with van der Waals surface area (Å²) in [5.41, 5.74) is 2.17. The summed E-state index contributed by atoms with van der Waals surface area (Å²) in [6.07, 6.45) is 6.88. The Morgan fingerprint density at radius 3 is 3.00 bits per heavy atom. The van der Waals surface area contributed by atoms with Crippen molar-refractivity contribution in [1.29, 1.82) is 0 Å². The second-order valence-corrected chi connectivity index (χ2v) is 6.10. The number of anilines is 1. The number of aromatic nitrogens is 5. The smallest absolute Gasteiger partial charge is 0.218 e. The highest BCUT2D eigenvalue weighted by Crippen LogP contribution is 2.22. The Kier molecular flexibility index (Phi) is 4.74. The molecule has 0 N–H and O–H groups in total. The van der Waals surface area contributed by atoms with Gasteiger partial charge in [-0.25, -0.2) is 9.97 Å². The van der Waals surface area contributed by atoms with Crippen molar-refractivity contribution in [3.8, 4) is 5.88 Å². The largest absolute Gasteiger partial charge is 0.481 e. The molecular formula is C18H20N6O2. The topological polar surface area (TPSA) is 78.2 Å². The molecule has 1 atom stereocenters. The van der Waals surface area contributed by atoms with Gasteiger partial charge < -0.3 is 14.4 Å². The summed E-state index contributed by atoms with van der Waals surface area (Å²) in [4.78, 5) is 14.8. The molecule has 4 rings (SSSR count). The van der Waals surface area contributed by atoms with Crippen molar-refractivity contribution in [3.63, 3.8) is 0 Å². The summed E-state index contributed by atoms with van der Waals surface area (Å²) >= 11 is 0. The molecule has 0 aromatic carbocycles. The molecule has 0 saturated heterocycles. The summed E-state index contributed by atoms with van der Waals surface area (Å²) in [5.74, 6) is 1.35. The molecule has 0 fully saturated rings. The van der Waals surface area contributed by atoms with Crippen molar-refractivity contribution in [2.24, 2.45) is 0 Å². The van der Waals surface area contributed by atoms with Gasteiger partial charge in [-0.15, -0.1) is 0 Å². The van der Waals surface area contributed by atoms with Gasteiger partial charge >= 0.3 is 0 Å². The zero-order valence-electron chi connectivity index (χ0n) is 14.5. The summed E-state index contributed by atoms with van der Waals surface area (Å²) in [6, 6.07) is 7.78. The van der Waals surface area contributed by atoms with Crippen LogP contribution in [0, 0.1) is 0 Å². The third-order valence-electron chi connectivity index (χ3n) is 4.33. The van der Waals surface area contributed by atoms with E-state index in [1.54, 1.807) is 13.3 Å². The average molecular weight is 352 g/mol. The van der Waals surface area contributed by atoms with Gasteiger partial charge in [0.25, 0.3) is 0 Å². The van der Waals surface area contributed by atoms with Gasteiger partial charge in [0, 0.05) is 31.2 Å². The molecular weight excluding hydrogens is 332 g/mol. The molecule has 0 saturated carbocycles. The van der Waals surface area contributed by atoms with E-state index in [-0.39, 0.29) is 6.10 Å². The zero-order valence-corrected chi connectivity index (χ0v) is 14.5. The van der Waals surface area contributed by atoms with Crippen LogP contribution in [0.25, 0.3) is 0 Å². The lowest BCUT2D eigenvalue weighted by atomic mass is 10.3. The molecule has 8 heteroatoms. The number of pyridine rings is 1. The highest BCUT2D eigenvalue weighted by molar-refractivity contribution is 5.41. The number of methoxy groups -OCH3 is 1. The molecule has 0 bridgehead atoms. The van der Waals surface area contributed by atoms with Crippen molar-refractivity contribution in [3.05, 3.63) is 60.4 Å². The highest BCUT2D eigenvalue weighted by Gasteiger charge is 2.24. The fraction of sp³-hybridized carbons (Fsp3) is 0.333. The average Bonchev–Trinajstić information content (AvgIpc) is 3.05. The maximum Gasteiger partial charge on any atom is 0.218 e. The van der Waals surface area contributed by atoms with Crippen LogP contribution in [-0.2, 0) is 24.4 Å². The number of nitrogens with zero attached hydrogens (tertiary/aromatic N) is 6. The van der Waals surface area contributed by atoms with Crippen LogP contribution in [-0.4, -0.2) is 44.5 Å². The second kappa shape index (κ2) is 7.49. The Hall–Kier alpha value is -3.00. The fourth-order valence-corrected chi connectivity index (χ4v) is 3.01. The Bertz CT molecular complexity index is 854. The van der Waals surface area contributed by atoms with E-state index in [1.807, 2.05) is 41.3 Å². The van der Waals surface area contributed by atoms with Crippen LogP contribution in [0.15, 0.2) is 49.2 Å². The summed E-state index contributed by atoms with van der Waals surface area (Å²) < 4.78 is 13.4. The first kappa shape index (κ1) is 16.5. The van der Waals surface area contributed by atoms with Crippen LogP contribution in [0.3, 0.4) is 0 Å². The number of fused-ring (bicyclic) bond motifs is 1. The van der Waals surface area contributed by atoms with Crippen LogP contribution < -0.4 is 9.64 Å². The molecule has 26 heavy (non-hydrogen) atoms. The minimum atomic E-state index is -0.0303. The molecule has 8 nitrogen and oxygen atoms in total. The molecule has 0 aliphatic carbocycles. The Balaban J connectivity index is 1.55. The summed E-state index contributed by atoms with van der Waals surface area (Å²) in [5, 5.41) is 4.42. The molecule has 1 aliphatic heterocycles. The fourth-order valence-electron chi connectivity index (χ4n) is 3.01. The Morgan fingerprint density at radius 2 is 2.15 bits per heavy atom. The standard InChI is InChI=1S/C18H20N6O2/c1-25-18-7-17(20-13-21-18)23-9-15-4-6-22-24(15)11-16(10-23)26-12-14-3-2-5-19-8-14/h2-8,13,16H,9-12H2,1H3/t16-/m1/s1. The predicted molar refractivity (Wildman–Crippen MR) is 94.7 cm³/mol.